The first kappa shape index (κ1) is 18.8. The summed E-state index contributed by atoms with van der Waals surface area (Å²) in [5, 5.41) is 7.57. The fourth-order valence-corrected chi connectivity index (χ4v) is 4.87. The first-order valence-corrected chi connectivity index (χ1v) is 10.9. The zero-order valence-electron chi connectivity index (χ0n) is 15.4. The molecule has 1 aliphatic rings. The van der Waals surface area contributed by atoms with Gasteiger partial charge in [-0.1, -0.05) is 12.1 Å². The van der Waals surface area contributed by atoms with Crippen LogP contribution in [0.3, 0.4) is 0 Å². The van der Waals surface area contributed by atoms with Gasteiger partial charge in [-0.25, -0.2) is 4.98 Å². The monoisotopic (exact) mass is 412 g/mol. The number of nitrogens with zero attached hydrogens (tertiary/aromatic N) is 1. The number of amides is 1. The number of fused-ring (bicyclic) bond motifs is 1. The van der Waals surface area contributed by atoms with E-state index < -0.39 is 12.1 Å². The van der Waals surface area contributed by atoms with Crippen molar-refractivity contribution in [2.45, 2.75) is 38.7 Å². The number of nitrogens with one attached hydrogen (secondary N) is 1. The first-order valence-electron chi connectivity index (χ1n) is 9.19. The van der Waals surface area contributed by atoms with E-state index in [1.165, 1.54) is 22.5 Å². The number of hydrogen-bond donors (Lipinski definition) is 1. The third kappa shape index (κ3) is 4.31. The fraction of sp³-hybridized carbons (Fsp3) is 0.286. The number of carbonyl (C=O) groups excluding carboxylic acids is 2. The maximum absolute atomic E-state index is 12.4. The minimum absolute atomic E-state index is 0.0539. The molecule has 1 amide bonds. The molecule has 0 fully saturated rings. The van der Waals surface area contributed by atoms with Crippen molar-refractivity contribution in [2.24, 2.45) is 0 Å². The molecule has 0 bridgehead atoms. The lowest BCUT2D eigenvalue weighted by Crippen LogP contribution is -2.30. The zero-order valence-corrected chi connectivity index (χ0v) is 17.1. The van der Waals surface area contributed by atoms with Crippen LogP contribution in [0.5, 0.6) is 0 Å². The van der Waals surface area contributed by atoms with Gasteiger partial charge >= 0.3 is 5.97 Å². The maximum atomic E-state index is 12.4. The standard InChI is InChI=1S/C21H20N2O3S2/c1-13(20(25)22-16-8-7-14-4-2-5-15(14)10-16)26-19(24)11-17-12-28-21(23-17)18-6-3-9-27-18/h3,6-10,12-13H,2,4-5,11H2,1H3,(H,22,25)/t13-/m1/s1. The molecule has 0 spiro atoms. The van der Waals surface area contributed by atoms with Crippen LogP contribution in [-0.2, 0) is 33.6 Å². The molecule has 3 aromatic rings. The van der Waals surface area contributed by atoms with E-state index in [-0.39, 0.29) is 12.3 Å². The van der Waals surface area contributed by atoms with Gasteiger partial charge in [0.2, 0.25) is 0 Å². The number of thiophene rings is 1. The molecule has 0 saturated heterocycles. The van der Waals surface area contributed by atoms with Crippen molar-refractivity contribution in [1.29, 1.82) is 0 Å². The number of benzene rings is 1. The molecule has 144 valence electrons. The predicted octanol–water partition coefficient (Wildman–Crippen LogP) is 4.47. The molecule has 5 nitrogen and oxygen atoms in total. The molecule has 2 aromatic heterocycles. The van der Waals surface area contributed by atoms with Crippen LogP contribution >= 0.6 is 22.7 Å². The van der Waals surface area contributed by atoms with E-state index >= 15 is 0 Å². The van der Waals surface area contributed by atoms with Gasteiger partial charge in [0, 0.05) is 11.1 Å². The number of aromatic nitrogens is 1. The summed E-state index contributed by atoms with van der Waals surface area (Å²) < 4.78 is 5.30. The van der Waals surface area contributed by atoms with E-state index in [0.29, 0.717) is 5.69 Å². The van der Waals surface area contributed by atoms with E-state index in [2.05, 4.69) is 16.4 Å². The summed E-state index contributed by atoms with van der Waals surface area (Å²) in [5.74, 6) is -0.788. The lowest BCUT2D eigenvalue weighted by atomic mass is 10.1. The van der Waals surface area contributed by atoms with Gasteiger partial charge in [-0.15, -0.1) is 22.7 Å². The number of esters is 1. The van der Waals surface area contributed by atoms with E-state index in [0.717, 1.165) is 34.8 Å². The van der Waals surface area contributed by atoms with Crippen molar-refractivity contribution in [3.8, 4) is 9.88 Å². The van der Waals surface area contributed by atoms with Crippen molar-refractivity contribution < 1.29 is 14.3 Å². The first-order chi connectivity index (χ1) is 13.6. The molecule has 2 heterocycles. The summed E-state index contributed by atoms with van der Waals surface area (Å²) in [6.45, 7) is 1.58. The Hall–Kier alpha value is -2.51. The third-order valence-corrected chi connectivity index (χ3v) is 6.58. The average molecular weight is 413 g/mol. The molecule has 1 N–H and O–H groups in total. The van der Waals surface area contributed by atoms with Crippen molar-refractivity contribution in [1.82, 2.24) is 4.98 Å². The predicted molar refractivity (Wildman–Crippen MR) is 112 cm³/mol. The van der Waals surface area contributed by atoms with Crippen LogP contribution in [0.15, 0.2) is 41.1 Å². The average Bonchev–Trinajstić information content (AvgIpc) is 3.42. The molecule has 7 heteroatoms. The number of rotatable bonds is 6. The molecule has 28 heavy (non-hydrogen) atoms. The summed E-state index contributed by atoms with van der Waals surface area (Å²) in [7, 11) is 0. The smallest absolute Gasteiger partial charge is 0.312 e. The van der Waals surface area contributed by atoms with Gasteiger partial charge in [-0.3, -0.25) is 9.59 Å². The Morgan fingerprint density at radius 1 is 1.21 bits per heavy atom. The van der Waals surface area contributed by atoms with Crippen LogP contribution in [0.4, 0.5) is 5.69 Å². The van der Waals surface area contributed by atoms with Crippen LogP contribution < -0.4 is 5.32 Å². The highest BCUT2D eigenvalue weighted by Gasteiger charge is 2.20. The molecular formula is C21H20N2O3S2. The Morgan fingerprint density at radius 2 is 2.07 bits per heavy atom. The van der Waals surface area contributed by atoms with Crippen LogP contribution in [-0.4, -0.2) is 23.0 Å². The number of ether oxygens (including phenoxy) is 1. The minimum atomic E-state index is -0.865. The van der Waals surface area contributed by atoms with Crippen molar-refractivity contribution >= 4 is 40.2 Å². The summed E-state index contributed by atoms with van der Waals surface area (Å²) in [4.78, 5) is 30.1. The molecule has 4 rings (SSSR count). The lowest BCUT2D eigenvalue weighted by molar-refractivity contribution is -0.152. The number of anilines is 1. The van der Waals surface area contributed by atoms with Crippen LogP contribution in [0.2, 0.25) is 0 Å². The molecule has 1 aliphatic carbocycles. The Balaban J connectivity index is 1.31. The van der Waals surface area contributed by atoms with Gasteiger partial charge < -0.3 is 10.1 Å². The number of hydrogen-bond acceptors (Lipinski definition) is 6. The van der Waals surface area contributed by atoms with Crippen molar-refractivity contribution in [2.75, 3.05) is 5.32 Å². The minimum Gasteiger partial charge on any atom is -0.452 e. The van der Waals surface area contributed by atoms with Gasteiger partial charge in [0.05, 0.1) is 17.0 Å². The van der Waals surface area contributed by atoms with Crippen LogP contribution in [0.25, 0.3) is 9.88 Å². The van der Waals surface area contributed by atoms with E-state index in [1.54, 1.807) is 18.3 Å². The summed E-state index contributed by atoms with van der Waals surface area (Å²) in [6.07, 6.45) is 2.49. The highest BCUT2D eigenvalue weighted by Crippen LogP contribution is 2.28. The summed E-state index contributed by atoms with van der Waals surface area (Å²) in [6, 6.07) is 9.93. The fourth-order valence-electron chi connectivity index (χ4n) is 3.24. The Labute approximate surface area is 171 Å². The topological polar surface area (TPSA) is 68.3 Å². The molecule has 0 aliphatic heterocycles. The SMILES string of the molecule is C[C@@H](OC(=O)Cc1csc(-c2cccs2)n1)C(=O)Nc1ccc2c(c1)CCC2. The highest BCUT2D eigenvalue weighted by molar-refractivity contribution is 7.20. The van der Waals surface area contributed by atoms with Gasteiger partial charge in [0.25, 0.3) is 5.91 Å². The lowest BCUT2D eigenvalue weighted by Gasteiger charge is -2.14. The molecule has 0 unspecified atom stereocenters. The normalized spacial score (nSPS) is 13.8. The van der Waals surface area contributed by atoms with Gasteiger partial charge in [-0.05, 0) is 60.9 Å². The second-order valence-corrected chi connectivity index (χ2v) is 8.56. The maximum Gasteiger partial charge on any atom is 0.312 e. The van der Waals surface area contributed by atoms with Crippen LogP contribution in [0, 0.1) is 0 Å². The summed E-state index contributed by atoms with van der Waals surface area (Å²) in [5.41, 5.74) is 4.04. The summed E-state index contributed by atoms with van der Waals surface area (Å²) >= 11 is 3.11. The van der Waals surface area contributed by atoms with E-state index in [1.807, 2.05) is 35.0 Å². The number of aryl methyl sites for hydroxylation is 2. The zero-order chi connectivity index (χ0) is 19.5. The van der Waals surface area contributed by atoms with E-state index in [9.17, 15) is 9.59 Å². The van der Waals surface area contributed by atoms with Gasteiger partial charge in [-0.2, -0.15) is 0 Å². The molecule has 1 atom stereocenters. The van der Waals surface area contributed by atoms with Gasteiger partial charge in [0.1, 0.15) is 5.01 Å². The van der Waals surface area contributed by atoms with Crippen LogP contribution in [0.1, 0.15) is 30.2 Å². The second-order valence-electron chi connectivity index (χ2n) is 6.76. The molecule has 0 saturated carbocycles. The molecule has 0 radical (unpaired) electrons. The van der Waals surface area contributed by atoms with Crippen molar-refractivity contribution in [3.05, 3.63) is 57.9 Å². The van der Waals surface area contributed by atoms with Gasteiger partial charge in [0.15, 0.2) is 6.10 Å². The second kappa shape index (κ2) is 8.24. The molecular weight excluding hydrogens is 392 g/mol. The number of carbonyl (C=O) groups is 2. The van der Waals surface area contributed by atoms with Crippen molar-refractivity contribution in [3.63, 3.8) is 0 Å². The van der Waals surface area contributed by atoms with E-state index in [4.69, 9.17) is 4.74 Å². The third-order valence-electron chi connectivity index (χ3n) is 4.65. The highest BCUT2D eigenvalue weighted by atomic mass is 32.1. The largest absolute Gasteiger partial charge is 0.452 e. The Morgan fingerprint density at radius 3 is 2.89 bits per heavy atom. The number of thiazole rings is 1. The Bertz CT molecular complexity index is 995. The quantitative estimate of drug-likeness (QED) is 0.607. The Kier molecular flexibility index (Phi) is 5.54. The molecule has 1 aromatic carbocycles.